The highest BCUT2D eigenvalue weighted by Gasteiger charge is 2.06. The molecule has 5 heteroatoms. The summed E-state index contributed by atoms with van der Waals surface area (Å²) in [6, 6.07) is 13.1. The van der Waals surface area contributed by atoms with Crippen LogP contribution in [0, 0.1) is 5.92 Å². The standard InChI is InChI=1S/C21H32N4S/c1-5-22-21(23-14-17(2)13-20-7-6-12-26-20)24-15-18-8-10-19(11-9-18)16-25(3)4/h6-12,17H,5,13-16H2,1-4H3,(H2,22,23,24). The molecule has 0 aliphatic heterocycles. The lowest BCUT2D eigenvalue weighted by Crippen LogP contribution is -2.39. The smallest absolute Gasteiger partial charge is 0.191 e. The fourth-order valence-electron chi connectivity index (χ4n) is 2.74. The molecule has 0 radical (unpaired) electrons. The van der Waals surface area contributed by atoms with Crippen molar-refractivity contribution in [1.82, 2.24) is 15.5 Å². The second-order valence-electron chi connectivity index (χ2n) is 7.02. The van der Waals surface area contributed by atoms with Crippen molar-refractivity contribution in [3.05, 3.63) is 57.8 Å². The van der Waals surface area contributed by atoms with E-state index in [1.54, 1.807) is 0 Å². The van der Waals surface area contributed by atoms with Crippen molar-refractivity contribution in [3.8, 4) is 0 Å². The van der Waals surface area contributed by atoms with Gasteiger partial charge in [-0.25, -0.2) is 4.99 Å². The molecule has 0 bridgehead atoms. The molecule has 2 N–H and O–H groups in total. The van der Waals surface area contributed by atoms with E-state index in [4.69, 9.17) is 4.99 Å². The Morgan fingerprint density at radius 1 is 1.12 bits per heavy atom. The fraction of sp³-hybridized carbons (Fsp3) is 0.476. The average Bonchev–Trinajstić information content (AvgIpc) is 3.11. The van der Waals surface area contributed by atoms with Crippen molar-refractivity contribution >= 4 is 17.3 Å². The number of hydrogen-bond acceptors (Lipinski definition) is 3. The Kier molecular flexibility index (Phi) is 8.65. The van der Waals surface area contributed by atoms with Crippen LogP contribution < -0.4 is 10.6 Å². The molecule has 1 heterocycles. The van der Waals surface area contributed by atoms with Crippen molar-refractivity contribution in [3.63, 3.8) is 0 Å². The molecule has 2 rings (SSSR count). The van der Waals surface area contributed by atoms with Crippen molar-refractivity contribution in [2.24, 2.45) is 10.9 Å². The Morgan fingerprint density at radius 2 is 1.85 bits per heavy atom. The van der Waals surface area contributed by atoms with E-state index in [-0.39, 0.29) is 0 Å². The zero-order valence-corrected chi connectivity index (χ0v) is 17.3. The summed E-state index contributed by atoms with van der Waals surface area (Å²) in [5.41, 5.74) is 2.56. The van der Waals surface area contributed by atoms with Crippen molar-refractivity contribution in [2.75, 3.05) is 27.2 Å². The first-order valence-electron chi connectivity index (χ1n) is 9.34. The van der Waals surface area contributed by atoms with Crippen LogP contribution in [-0.4, -0.2) is 38.0 Å². The number of guanidine groups is 1. The van der Waals surface area contributed by atoms with E-state index >= 15 is 0 Å². The number of aliphatic imine (C=N–C) groups is 1. The van der Waals surface area contributed by atoms with Crippen LogP contribution in [-0.2, 0) is 19.5 Å². The highest BCUT2D eigenvalue weighted by atomic mass is 32.1. The minimum atomic E-state index is 0.572. The Hall–Kier alpha value is -1.85. The van der Waals surface area contributed by atoms with E-state index in [2.05, 4.69) is 85.3 Å². The third-order valence-electron chi connectivity index (χ3n) is 4.03. The third kappa shape index (κ3) is 7.58. The van der Waals surface area contributed by atoms with E-state index in [0.717, 1.165) is 32.0 Å². The summed E-state index contributed by atoms with van der Waals surface area (Å²) in [5.74, 6) is 1.46. The molecular formula is C21H32N4S. The maximum Gasteiger partial charge on any atom is 0.191 e. The lowest BCUT2D eigenvalue weighted by atomic mass is 10.1. The lowest BCUT2D eigenvalue weighted by molar-refractivity contribution is 0.402. The molecule has 0 amide bonds. The first-order valence-corrected chi connectivity index (χ1v) is 10.2. The number of thiophene rings is 1. The molecule has 1 aromatic carbocycles. The molecule has 1 atom stereocenters. The largest absolute Gasteiger partial charge is 0.357 e. The molecule has 1 aromatic heterocycles. The van der Waals surface area contributed by atoms with Crippen LogP contribution in [0.4, 0.5) is 0 Å². The quantitative estimate of drug-likeness (QED) is 0.520. The first kappa shape index (κ1) is 20.5. The Morgan fingerprint density at radius 3 is 2.46 bits per heavy atom. The third-order valence-corrected chi connectivity index (χ3v) is 4.93. The van der Waals surface area contributed by atoms with Crippen LogP contribution in [0.25, 0.3) is 0 Å². The van der Waals surface area contributed by atoms with Crippen molar-refractivity contribution in [2.45, 2.75) is 33.4 Å². The maximum absolute atomic E-state index is 4.73. The Labute approximate surface area is 162 Å². The predicted octanol–water partition coefficient (Wildman–Crippen LogP) is 3.74. The first-order chi connectivity index (χ1) is 12.6. The van der Waals surface area contributed by atoms with Crippen LogP contribution in [0.1, 0.15) is 29.9 Å². The van der Waals surface area contributed by atoms with Crippen molar-refractivity contribution < 1.29 is 0 Å². The summed E-state index contributed by atoms with van der Waals surface area (Å²) in [5, 5.41) is 8.96. The van der Waals surface area contributed by atoms with Gasteiger partial charge in [0.2, 0.25) is 0 Å². The molecule has 4 nitrogen and oxygen atoms in total. The molecule has 2 aromatic rings. The van der Waals surface area contributed by atoms with Gasteiger partial charge in [0.25, 0.3) is 0 Å². The molecule has 0 saturated heterocycles. The number of rotatable bonds is 9. The van der Waals surface area contributed by atoms with E-state index in [1.165, 1.54) is 16.0 Å². The highest BCUT2D eigenvalue weighted by Crippen LogP contribution is 2.13. The number of nitrogens with zero attached hydrogens (tertiary/aromatic N) is 2. The topological polar surface area (TPSA) is 39.7 Å². The van der Waals surface area contributed by atoms with Gasteiger partial charge in [-0.05, 0) is 55.9 Å². The van der Waals surface area contributed by atoms with E-state index in [1.807, 2.05) is 11.3 Å². The second-order valence-corrected chi connectivity index (χ2v) is 8.05. The maximum atomic E-state index is 4.73. The Balaban J connectivity index is 1.85. The molecule has 0 aliphatic rings. The summed E-state index contributed by atoms with van der Waals surface area (Å²) < 4.78 is 0. The molecular weight excluding hydrogens is 340 g/mol. The zero-order valence-electron chi connectivity index (χ0n) is 16.5. The number of benzene rings is 1. The summed E-state index contributed by atoms with van der Waals surface area (Å²) in [4.78, 5) is 8.35. The van der Waals surface area contributed by atoms with Gasteiger partial charge in [0, 0.05) is 24.5 Å². The van der Waals surface area contributed by atoms with Crippen LogP contribution in [0.15, 0.2) is 46.8 Å². The van der Waals surface area contributed by atoms with E-state index < -0.39 is 0 Å². The van der Waals surface area contributed by atoms with E-state index in [9.17, 15) is 0 Å². The van der Waals surface area contributed by atoms with Crippen LogP contribution in [0.3, 0.4) is 0 Å². The molecule has 0 spiro atoms. The number of hydrogen-bond donors (Lipinski definition) is 2. The summed E-state index contributed by atoms with van der Waals surface area (Å²) in [7, 11) is 4.18. The van der Waals surface area contributed by atoms with Gasteiger partial charge in [-0.3, -0.25) is 0 Å². The minimum Gasteiger partial charge on any atom is -0.357 e. The van der Waals surface area contributed by atoms with Gasteiger partial charge in [0.1, 0.15) is 0 Å². The second kappa shape index (κ2) is 11.0. The highest BCUT2D eigenvalue weighted by molar-refractivity contribution is 7.09. The molecule has 26 heavy (non-hydrogen) atoms. The number of nitrogens with one attached hydrogen (secondary N) is 2. The Bertz CT molecular complexity index is 647. The molecule has 1 unspecified atom stereocenters. The van der Waals surface area contributed by atoms with Gasteiger partial charge in [0.15, 0.2) is 5.96 Å². The molecule has 0 saturated carbocycles. The van der Waals surface area contributed by atoms with Gasteiger partial charge in [-0.15, -0.1) is 11.3 Å². The molecule has 0 fully saturated rings. The van der Waals surface area contributed by atoms with Crippen molar-refractivity contribution in [1.29, 1.82) is 0 Å². The van der Waals surface area contributed by atoms with Gasteiger partial charge >= 0.3 is 0 Å². The summed E-state index contributed by atoms with van der Waals surface area (Å²) in [6.45, 7) is 7.83. The van der Waals surface area contributed by atoms with Gasteiger partial charge in [-0.2, -0.15) is 0 Å². The molecule has 142 valence electrons. The van der Waals surface area contributed by atoms with Gasteiger partial charge < -0.3 is 15.5 Å². The van der Waals surface area contributed by atoms with Crippen LogP contribution in [0.2, 0.25) is 0 Å². The normalized spacial score (nSPS) is 13.0. The SMILES string of the molecule is CCNC(=NCc1ccc(CN(C)C)cc1)NCC(C)Cc1cccs1. The summed E-state index contributed by atoms with van der Waals surface area (Å²) >= 11 is 1.83. The predicted molar refractivity (Wildman–Crippen MR) is 114 cm³/mol. The van der Waals surface area contributed by atoms with Gasteiger partial charge in [-0.1, -0.05) is 37.3 Å². The minimum absolute atomic E-state index is 0.572. The van der Waals surface area contributed by atoms with Gasteiger partial charge in [0.05, 0.1) is 6.54 Å². The van der Waals surface area contributed by atoms with Crippen LogP contribution >= 0.6 is 11.3 Å². The summed E-state index contributed by atoms with van der Waals surface area (Å²) in [6.07, 6.45) is 1.11. The fourth-order valence-corrected chi connectivity index (χ4v) is 3.61. The molecule has 0 aliphatic carbocycles. The van der Waals surface area contributed by atoms with E-state index in [0.29, 0.717) is 12.5 Å². The lowest BCUT2D eigenvalue weighted by Gasteiger charge is -2.15. The zero-order chi connectivity index (χ0) is 18.8. The van der Waals surface area contributed by atoms with Crippen LogP contribution in [0.5, 0.6) is 0 Å². The average molecular weight is 373 g/mol. The monoisotopic (exact) mass is 372 g/mol.